The van der Waals surface area contributed by atoms with Gasteiger partial charge in [0, 0.05) is 18.5 Å². The number of benzene rings is 2. The first kappa shape index (κ1) is 25.2. The standard InChI is InChI=1S/C27H27F2N7O2/c1-17(13-18-8-10-19(28)11-9-18)26(37)31-24-15-22(32-33-24)23-7-2-3-12-35(23)27(38)25-30-16-36(34-25)21-6-4-5-20(29)14-21/h4-6,8-11,14-17,23H,2-3,7,12-13H2,1H3,(H2,31,32,33,37). The zero-order valence-electron chi connectivity index (χ0n) is 20.8. The van der Waals surface area contributed by atoms with Gasteiger partial charge >= 0.3 is 0 Å². The Hall–Kier alpha value is -4.41. The highest BCUT2D eigenvalue weighted by molar-refractivity contribution is 5.92. The van der Waals surface area contributed by atoms with Gasteiger partial charge in [0.2, 0.25) is 11.7 Å². The first-order valence-electron chi connectivity index (χ1n) is 12.5. The summed E-state index contributed by atoms with van der Waals surface area (Å²) in [5.74, 6) is -1.25. The number of hydrogen-bond donors (Lipinski definition) is 2. The molecule has 2 unspecified atom stereocenters. The van der Waals surface area contributed by atoms with Crippen molar-refractivity contribution in [3.63, 3.8) is 0 Å². The van der Waals surface area contributed by atoms with Crippen molar-refractivity contribution in [1.82, 2.24) is 29.9 Å². The van der Waals surface area contributed by atoms with E-state index in [2.05, 4.69) is 25.6 Å². The first-order valence-corrected chi connectivity index (χ1v) is 12.5. The molecule has 0 bridgehead atoms. The van der Waals surface area contributed by atoms with Crippen LogP contribution in [0, 0.1) is 17.6 Å². The number of nitrogens with one attached hydrogen (secondary N) is 2. The molecular formula is C27H27F2N7O2. The highest BCUT2D eigenvalue weighted by Crippen LogP contribution is 2.32. The Morgan fingerprint density at radius 2 is 1.92 bits per heavy atom. The number of rotatable bonds is 7. The Kier molecular flexibility index (Phi) is 7.25. The molecule has 11 heteroatoms. The Balaban J connectivity index is 1.26. The molecule has 196 valence electrons. The van der Waals surface area contributed by atoms with Gasteiger partial charge in [-0.3, -0.25) is 14.7 Å². The number of nitrogens with zero attached hydrogens (tertiary/aromatic N) is 5. The fourth-order valence-corrected chi connectivity index (χ4v) is 4.62. The van der Waals surface area contributed by atoms with E-state index in [-0.39, 0.29) is 35.4 Å². The van der Waals surface area contributed by atoms with Crippen molar-refractivity contribution in [2.75, 3.05) is 11.9 Å². The van der Waals surface area contributed by atoms with Gasteiger partial charge in [-0.1, -0.05) is 25.1 Å². The molecule has 1 aliphatic heterocycles. The van der Waals surface area contributed by atoms with Gasteiger partial charge in [-0.25, -0.2) is 18.4 Å². The third kappa shape index (κ3) is 5.61. The van der Waals surface area contributed by atoms with E-state index in [0.29, 0.717) is 36.6 Å². The highest BCUT2D eigenvalue weighted by atomic mass is 19.1. The number of H-pyrrole nitrogens is 1. The van der Waals surface area contributed by atoms with E-state index < -0.39 is 5.82 Å². The number of aromatic amines is 1. The van der Waals surface area contributed by atoms with Crippen LogP contribution in [-0.2, 0) is 11.2 Å². The van der Waals surface area contributed by atoms with Crippen LogP contribution in [0.2, 0.25) is 0 Å². The minimum atomic E-state index is -0.408. The largest absolute Gasteiger partial charge is 0.327 e. The fourth-order valence-electron chi connectivity index (χ4n) is 4.62. The number of carbonyl (C=O) groups excluding carboxylic acids is 2. The number of amides is 2. The van der Waals surface area contributed by atoms with Gasteiger partial charge in [0.25, 0.3) is 5.91 Å². The summed E-state index contributed by atoms with van der Waals surface area (Å²) in [5, 5.41) is 14.3. The Morgan fingerprint density at radius 3 is 2.71 bits per heavy atom. The van der Waals surface area contributed by atoms with Crippen LogP contribution >= 0.6 is 0 Å². The zero-order chi connectivity index (χ0) is 26.6. The SMILES string of the molecule is CC(Cc1ccc(F)cc1)C(=O)Nc1cc(C2CCCCN2C(=O)c2ncn(-c3cccc(F)c3)n2)[nH]n1. The third-order valence-corrected chi connectivity index (χ3v) is 6.63. The lowest BCUT2D eigenvalue weighted by Crippen LogP contribution is -2.39. The molecule has 2 atom stereocenters. The number of piperidine rings is 1. The van der Waals surface area contributed by atoms with Gasteiger partial charge in [-0.15, -0.1) is 5.10 Å². The molecule has 2 amide bonds. The summed E-state index contributed by atoms with van der Waals surface area (Å²) in [5.41, 5.74) is 2.03. The maximum absolute atomic E-state index is 13.6. The number of aromatic nitrogens is 5. The maximum Gasteiger partial charge on any atom is 0.294 e. The van der Waals surface area contributed by atoms with Crippen LogP contribution in [0.15, 0.2) is 60.9 Å². The zero-order valence-corrected chi connectivity index (χ0v) is 20.8. The van der Waals surface area contributed by atoms with E-state index in [1.807, 2.05) is 0 Å². The van der Waals surface area contributed by atoms with E-state index in [4.69, 9.17) is 0 Å². The predicted molar refractivity (Wildman–Crippen MR) is 135 cm³/mol. The van der Waals surface area contributed by atoms with Crippen molar-refractivity contribution in [1.29, 1.82) is 0 Å². The van der Waals surface area contributed by atoms with Crippen molar-refractivity contribution >= 4 is 17.6 Å². The lowest BCUT2D eigenvalue weighted by Gasteiger charge is -2.34. The first-order chi connectivity index (χ1) is 18.4. The minimum Gasteiger partial charge on any atom is -0.327 e. The van der Waals surface area contributed by atoms with Gasteiger partial charge in [0.1, 0.15) is 18.0 Å². The van der Waals surface area contributed by atoms with Crippen molar-refractivity contribution in [3.8, 4) is 5.69 Å². The molecule has 1 aliphatic rings. The number of hydrogen-bond acceptors (Lipinski definition) is 5. The van der Waals surface area contributed by atoms with E-state index in [9.17, 15) is 18.4 Å². The molecule has 2 aromatic carbocycles. The van der Waals surface area contributed by atoms with Gasteiger partial charge in [0.15, 0.2) is 5.82 Å². The minimum absolute atomic E-state index is 0.0174. The summed E-state index contributed by atoms with van der Waals surface area (Å²) in [7, 11) is 0. The summed E-state index contributed by atoms with van der Waals surface area (Å²) in [6, 6.07) is 13.4. The van der Waals surface area contributed by atoms with Crippen LogP contribution in [0.5, 0.6) is 0 Å². The molecule has 9 nitrogen and oxygen atoms in total. The van der Waals surface area contributed by atoms with Gasteiger partial charge in [-0.2, -0.15) is 5.10 Å². The fraction of sp³-hybridized carbons (Fsp3) is 0.296. The van der Waals surface area contributed by atoms with Crippen LogP contribution < -0.4 is 5.32 Å². The van der Waals surface area contributed by atoms with Gasteiger partial charge < -0.3 is 10.2 Å². The molecule has 0 spiro atoms. The lowest BCUT2D eigenvalue weighted by atomic mass is 9.99. The van der Waals surface area contributed by atoms with Gasteiger partial charge in [0.05, 0.1) is 17.4 Å². The van der Waals surface area contributed by atoms with Crippen LogP contribution in [0.3, 0.4) is 0 Å². The molecule has 2 aromatic heterocycles. The maximum atomic E-state index is 13.6. The van der Waals surface area contributed by atoms with Crippen molar-refractivity contribution < 1.29 is 18.4 Å². The highest BCUT2D eigenvalue weighted by Gasteiger charge is 2.32. The van der Waals surface area contributed by atoms with Crippen LogP contribution in [0.4, 0.5) is 14.6 Å². The van der Waals surface area contributed by atoms with E-state index in [1.54, 1.807) is 42.2 Å². The van der Waals surface area contributed by atoms with Crippen LogP contribution in [0.25, 0.3) is 5.69 Å². The molecule has 4 aromatic rings. The molecule has 0 saturated carbocycles. The molecule has 0 aliphatic carbocycles. The molecule has 38 heavy (non-hydrogen) atoms. The summed E-state index contributed by atoms with van der Waals surface area (Å²) in [4.78, 5) is 31.9. The predicted octanol–water partition coefficient (Wildman–Crippen LogP) is 4.45. The summed E-state index contributed by atoms with van der Waals surface area (Å²) in [6.07, 6.45) is 4.33. The molecule has 5 rings (SSSR count). The van der Waals surface area contributed by atoms with Crippen molar-refractivity contribution in [2.45, 2.75) is 38.6 Å². The van der Waals surface area contributed by atoms with E-state index in [0.717, 1.165) is 18.4 Å². The number of anilines is 1. The van der Waals surface area contributed by atoms with Crippen LogP contribution in [0.1, 0.15) is 54.1 Å². The average molecular weight is 520 g/mol. The Bertz CT molecular complexity index is 1430. The number of carbonyl (C=O) groups is 2. The Morgan fingerprint density at radius 1 is 1.11 bits per heavy atom. The van der Waals surface area contributed by atoms with Crippen molar-refractivity contribution in [3.05, 3.63) is 89.6 Å². The lowest BCUT2D eigenvalue weighted by molar-refractivity contribution is -0.119. The number of likely N-dealkylation sites (tertiary alicyclic amines) is 1. The quantitative estimate of drug-likeness (QED) is 0.375. The second kappa shape index (κ2) is 10.9. The topological polar surface area (TPSA) is 109 Å². The van der Waals surface area contributed by atoms with E-state index in [1.165, 1.54) is 35.3 Å². The molecule has 1 fully saturated rings. The summed E-state index contributed by atoms with van der Waals surface area (Å²) < 4.78 is 28.1. The molecular weight excluding hydrogens is 492 g/mol. The molecule has 0 radical (unpaired) electrons. The van der Waals surface area contributed by atoms with Gasteiger partial charge in [-0.05, 0) is 61.6 Å². The van der Waals surface area contributed by atoms with E-state index >= 15 is 0 Å². The summed E-state index contributed by atoms with van der Waals surface area (Å²) in [6.45, 7) is 2.32. The second-order valence-corrected chi connectivity index (χ2v) is 9.43. The normalized spacial score (nSPS) is 16.3. The number of halogens is 2. The smallest absolute Gasteiger partial charge is 0.294 e. The van der Waals surface area contributed by atoms with Crippen molar-refractivity contribution in [2.24, 2.45) is 5.92 Å². The third-order valence-electron chi connectivity index (χ3n) is 6.63. The monoisotopic (exact) mass is 519 g/mol. The summed E-state index contributed by atoms with van der Waals surface area (Å²) >= 11 is 0. The molecule has 2 N–H and O–H groups in total. The Labute approximate surface area is 217 Å². The molecule has 3 heterocycles. The second-order valence-electron chi connectivity index (χ2n) is 9.43. The average Bonchev–Trinajstić information content (AvgIpc) is 3.60. The molecule has 1 saturated heterocycles. The van der Waals surface area contributed by atoms with Crippen LogP contribution in [-0.4, -0.2) is 48.2 Å².